The number of nitrogens with zero attached hydrogens (tertiary/aromatic N) is 5. The van der Waals surface area contributed by atoms with E-state index in [9.17, 15) is 5.26 Å². The minimum absolute atomic E-state index is 0.566. The topological polar surface area (TPSA) is 40.7 Å². The van der Waals surface area contributed by atoms with Crippen LogP contribution in [0.1, 0.15) is 27.8 Å². The Morgan fingerprint density at radius 1 is 0.510 bits per heavy atom. The number of para-hydroxylation sites is 2. The third-order valence-electron chi connectivity index (χ3n) is 10.6. The van der Waals surface area contributed by atoms with Gasteiger partial charge in [-0.1, -0.05) is 84.9 Å². The van der Waals surface area contributed by atoms with Crippen LogP contribution in [-0.4, -0.2) is 4.57 Å². The molecule has 1 aliphatic carbocycles. The Bertz CT molecular complexity index is 2810. The zero-order chi connectivity index (χ0) is 34.3. The van der Waals surface area contributed by atoms with Gasteiger partial charge in [0, 0.05) is 11.4 Å². The molecule has 2 heterocycles. The van der Waals surface area contributed by atoms with Crippen LogP contribution in [-0.2, 0) is 5.41 Å². The highest BCUT2D eigenvalue weighted by Gasteiger charge is 2.51. The van der Waals surface area contributed by atoms with E-state index in [1.54, 1.807) is 0 Å². The molecule has 5 nitrogen and oxygen atoms in total. The normalized spacial score (nSPS) is 13.2. The second-order valence-electron chi connectivity index (χ2n) is 13.0. The molecule has 0 atom stereocenters. The van der Waals surface area contributed by atoms with E-state index in [1.807, 2.05) is 42.5 Å². The van der Waals surface area contributed by atoms with Gasteiger partial charge in [-0.2, -0.15) is 5.26 Å². The molecule has 0 fully saturated rings. The van der Waals surface area contributed by atoms with Crippen molar-refractivity contribution in [2.45, 2.75) is 5.41 Å². The summed E-state index contributed by atoms with van der Waals surface area (Å²) in [6.45, 7) is 15.3. The average molecular weight is 648 g/mol. The van der Waals surface area contributed by atoms with Gasteiger partial charge < -0.3 is 9.47 Å². The van der Waals surface area contributed by atoms with Crippen molar-refractivity contribution < 1.29 is 0 Å². The molecule has 0 amide bonds. The number of nitriles is 1. The summed E-state index contributed by atoms with van der Waals surface area (Å²) in [4.78, 5) is 9.75. The summed E-state index contributed by atoms with van der Waals surface area (Å²) in [7, 11) is 0. The van der Waals surface area contributed by atoms with Crippen molar-refractivity contribution in [1.82, 2.24) is 4.57 Å². The van der Waals surface area contributed by atoms with Gasteiger partial charge in [0.1, 0.15) is 0 Å². The van der Waals surface area contributed by atoms with Gasteiger partial charge in [0.05, 0.1) is 52.6 Å². The molecular weight excluding hydrogens is 623 g/mol. The van der Waals surface area contributed by atoms with Gasteiger partial charge in [-0.3, -0.25) is 0 Å². The third-order valence-corrected chi connectivity index (χ3v) is 10.6. The molecule has 10 rings (SSSR count). The first-order valence-corrected chi connectivity index (χ1v) is 16.7. The first kappa shape index (κ1) is 28.6. The number of benzene rings is 7. The van der Waals surface area contributed by atoms with Crippen LogP contribution in [0.2, 0.25) is 0 Å². The van der Waals surface area contributed by atoms with E-state index < -0.39 is 5.41 Å². The molecule has 1 aliphatic heterocycles. The lowest BCUT2D eigenvalue weighted by Gasteiger charge is -2.45. The molecule has 0 radical (unpaired) electrons. The summed E-state index contributed by atoms with van der Waals surface area (Å²) >= 11 is 0. The smallest absolute Gasteiger partial charge is 0.188 e. The van der Waals surface area contributed by atoms with Crippen molar-refractivity contribution in [2.75, 3.05) is 4.90 Å². The maximum Gasteiger partial charge on any atom is 0.188 e. The highest BCUT2D eigenvalue weighted by molar-refractivity contribution is 6.11. The number of hydrogen-bond acceptors (Lipinski definition) is 2. The van der Waals surface area contributed by atoms with E-state index in [0.29, 0.717) is 16.9 Å². The van der Waals surface area contributed by atoms with Crippen molar-refractivity contribution in [1.29, 1.82) is 5.26 Å². The number of hydrogen-bond donors (Lipinski definition) is 0. The van der Waals surface area contributed by atoms with Crippen molar-refractivity contribution in [2.24, 2.45) is 0 Å². The van der Waals surface area contributed by atoms with E-state index in [1.165, 1.54) is 11.1 Å². The molecule has 0 N–H and O–H groups in total. The fourth-order valence-corrected chi connectivity index (χ4v) is 8.64. The summed E-state index contributed by atoms with van der Waals surface area (Å²) in [5.74, 6) is 0. The monoisotopic (exact) mass is 647 g/mol. The lowest BCUT2D eigenvalue weighted by Crippen LogP contribution is -2.36. The molecule has 5 heteroatoms. The zero-order valence-electron chi connectivity index (χ0n) is 27.2. The fraction of sp³-hybridized carbons (Fsp3) is 0.0217. The lowest BCUT2D eigenvalue weighted by atomic mass is 9.64. The van der Waals surface area contributed by atoms with E-state index in [4.69, 9.17) is 13.1 Å². The number of fused-ring (bicyclic) bond motifs is 12. The maximum atomic E-state index is 10.1. The first-order chi connectivity index (χ1) is 25.1. The zero-order valence-corrected chi connectivity index (χ0v) is 27.2. The quantitative estimate of drug-likeness (QED) is 0.175. The summed E-state index contributed by atoms with van der Waals surface area (Å²) in [5, 5.41) is 11.9. The van der Waals surface area contributed by atoms with Gasteiger partial charge in [0.2, 0.25) is 0 Å². The molecular formula is C46H25N5. The highest BCUT2D eigenvalue weighted by atomic mass is 15.2. The van der Waals surface area contributed by atoms with E-state index in [-0.39, 0.29) is 0 Å². The standard InChI is InChI=1S/C46H25N5/c1-48-30-19-22-42-36(25-30)37-26-31(49-2)20-23-43(37)50(42)32-10-9-11-33(27-32)51-44-16-7-5-14-39(44)46(40-15-6-8-17-45(40)51)38-13-4-3-12-34(38)35-21-18-29(28-47)24-41(35)46/h3-27H. The fourth-order valence-electron chi connectivity index (χ4n) is 8.64. The van der Waals surface area contributed by atoms with Gasteiger partial charge in [-0.05, 0) is 111 Å². The number of anilines is 3. The molecule has 0 saturated heterocycles. The van der Waals surface area contributed by atoms with Crippen molar-refractivity contribution in [3.8, 4) is 22.9 Å². The van der Waals surface area contributed by atoms with Gasteiger partial charge in [-0.25, -0.2) is 9.69 Å². The van der Waals surface area contributed by atoms with Crippen LogP contribution >= 0.6 is 0 Å². The van der Waals surface area contributed by atoms with Crippen LogP contribution < -0.4 is 4.90 Å². The van der Waals surface area contributed by atoms with Crippen LogP contribution in [0, 0.1) is 24.5 Å². The van der Waals surface area contributed by atoms with Crippen LogP contribution in [0.15, 0.2) is 152 Å². The van der Waals surface area contributed by atoms with Crippen LogP contribution in [0.25, 0.3) is 48.3 Å². The molecule has 7 aromatic carbocycles. The largest absolute Gasteiger partial charge is 0.310 e. The molecule has 51 heavy (non-hydrogen) atoms. The summed E-state index contributed by atoms with van der Waals surface area (Å²) in [6, 6.07) is 54.6. The van der Waals surface area contributed by atoms with Gasteiger partial charge in [0.25, 0.3) is 0 Å². The molecule has 0 bridgehead atoms. The SMILES string of the molecule is [C-]#[N+]c1ccc2c(c1)c1cc([N+]#[C-])ccc1n2-c1cccc(N2c3ccccc3C3(c4ccccc4-c4ccc(C#N)cc43)c3ccccc32)c1. The van der Waals surface area contributed by atoms with Gasteiger partial charge in [0.15, 0.2) is 11.4 Å². The second kappa shape index (κ2) is 10.6. The second-order valence-corrected chi connectivity index (χ2v) is 13.0. The minimum atomic E-state index is -0.617. The molecule has 1 aromatic heterocycles. The Kier molecular flexibility index (Phi) is 5.92. The van der Waals surface area contributed by atoms with Gasteiger partial charge in [-0.15, -0.1) is 0 Å². The van der Waals surface area contributed by atoms with Crippen molar-refractivity contribution >= 4 is 50.2 Å². The Morgan fingerprint density at radius 3 is 1.71 bits per heavy atom. The molecule has 1 spiro atoms. The summed E-state index contributed by atoms with van der Waals surface area (Å²) in [5.41, 5.74) is 14.2. The number of rotatable bonds is 2. The molecule has 234 valence electrons. The van der Waals surface area contributed by atoms with Crippen LogP contribution in [0.5, 0.6) is 0 Å². The van der Waals surface area contributed by atoms with Crippen LogP contribution in [0.3, 0.4) is 0 Å². The van der Waals surface area contributed by atoms with Crippen molar-refractivity contribution in [3.05, 3.63) is 202 Å². The molecule has 2 aliphatic rings. The lowest BCUT2D eigenvalue weighted by molar-refractivity contribution is 0.752. The highest BCUT2D eigenvalue weighted by Crippen LogP contribution is 2.63. The third kappa shape index (κ3) is 3.77. The van der Waals surface area contributed by atoms with Crippen molar-refractivity contribution in [3.63, 3.8) is 0 Å². The van der Waals surface area contributed by atoms with Crippen LogP contribution in [0.4, 0.5) is 28.4 Å². The Labute approximate surface area is 294 Å². The van der Waals surface area contributed by atoms with E-state index in [0.717, 1.165) is 66.8 Å². The molecule has 8 aromatic rings. The maximum absolute atomic E-state index is 10.1. The minimum Gasteiger partial charge on any atom is -0.310 e. The van der Waals surface area contributed by atoms with E-state index >= 15 is 0 Å². The summed E-state index contributed by atoms with van der Waals surface area (Å²) in [6.07, 6.45) is 0. The first-order valence-electron chi connectivity index (χ1n) is 16.7. The molecule has 0 saturated carbocycles. The predicted molar refractivity (Wildman–Crippen MR) is 204 cm³/mol. The Hall–Kier alpha value is -7.39. The average Bonchev–Trinajstić information content (AvgIpc) is 3.67. The summed E-state index contributed by atoms with van der Waals surface area (Å²) < 4.78 is 2.23. The van der Waals surface area contributed by atoms with Gasteiger partial charge >= 0.3 is 0 Å². The number of aromatic nitrogens is 1. The Balaban J connectivity index is 1.24. The molecule has 0 unspecified atom stereocenters. The Morgan fingerprint density at radius 2 is 1.08 bits per heavy atom. The van der Waals surface area contributed by atoms with E-state index in [2.05, 4.69) is 134 Å². The predicted octanol–water partition coefficient (Wildman–Crippen LogP) is 11.9.